The Balaban J connectivity index is 1.84. The molecule has 2 nitrogen and oxygen atoms in total. The van der Waals surface area contributed by atoms with Crippen molar-refractivity contribution in [3.05, 3.63) is 35.9 Å². The van der Waals surface area contributed by atoms with E-state index in [0.29, 0.717) is 5.92 Å². The largest absolute Gasteiger partial charge is 0.462 e. The summed E-state index contributed by atoms with van der Waals surface area (Å²) in [5.41, 5.74) is 1.53. The molecule has 3 rings (SSSR count). The van der Waals surface area contributed by atoms with Crippen molar-refractivity contribution in [3.63, 3.8) is 0 Å². The molecule has 18 heavy (non-hydrogen) atoms. The minimum Gasteiger partial charge on any atom is -0.462 e. The van der Waals surface area contributed by atoms with Crippen molar-refractivity contribution in [1.29, 1.82) is 0 Å². The van der Waals surface area contributed by atoms with E-state index >= 15 is 0 Å². The summed E-state index contributed by atoms with van der Waals surface area (Å²) < 4.78 is 5.56. The molecule has 1 aliphatic heterocycles. The van der Waals surface area contributed by atoms with Gasteiger partial charge in [-0.15, -0.1) is 0 Å². The van der Waals surface area contributed by atoms with Crippen molar-refractivity contribution in [3.8, 4) is 0 Å². The van der Waals surface area contributed by atoms with Crippen molar-refractivity contribution in [2.75, 3.05) is 0 Å². The van der Waals surface area contributed by atoms with Crippen LogP contribution < -0.4 is 0 Å². The average molecular weight is 244 g/mol. The predicted molar refractivity (Wildman–Crippen MR) is 70.2 cm³/mol. The van der Waals surface area contributed by atoms with Gasteiger partial charge in [0.05, 0.1) is 5.92 Å². The molecule has 2 fully saturated rings. The molecule has 0 radical (unpaired) electrons. The van der Waals surface area contributed by atoms with Gasteiger partial charge in [-0.2, -0.15) is 0 Å². The Morgan fingerprint density at radius 1 is 1.28 bits per heavy atom. The summed E-state index contributed by atoms with van der Waals surface area (Å²) in [4.78, 5) is 11.7. The molecule has 1 aliphatic carbocycles. The summed E-state index contributed by atoms with van der Waals surface area (Å²) in [6.07, 6.45) is 3.35. The van der Waals surface area contributed by atoms with Gasteiger partial charge in [0.15, 0.2) is 0 Å². The highest BCUT2D eigenvalue weighted by atomic mass is 16.6. The van der Waals surface area contributed by atoms with Gasteiger partial charge in [-0.25, -0.2) is 0 Å². The lowest BCUT2D eigenvalue weighted by molar-refractivity contribution is -0.144. The zero-order chi connectivity index (χ0) is 12.8. The van der Waals surface area contributed by atoms with E-state index < -0.39 is 0 Å². The molecule has 1 aromatic carbocycles. The molecule has 2 aliphatic rings. The lowest BCUT2D eigenvalue weighted by Gasteiger charge is -2.39. The Morgan fingerprint density at radius 3 is 2.72 bits per heavy atom. The zero-order valence-corrected chi connectivity index (χ0v) is 11.1. The topological polar surface area (TPSA) is 26.3 Å². The van der Waals surface area contributed by atoms with Gasteiger partial charge in [-0.3, -0.25) is 4.79 Å². The number of hydrogen-bond acceptors (Lipinski definition) is 2. The predicted octanol–water partition coefficient (Wildman–Crippen LogP) is 3.31. The van der Waals surface area contributed by atoms with Crippen molar-refractivity contribution in [2.45, 2.75) is 44.6 Å². The highest BCUT2D eigenvalue weighted by molar-refractivity contribution is 5.75. The summed E-state index contributed by atoms with van der Waals surface area (Å²) in [6, 6.07) is 10.6. The lowest BCUT2D eigenvalue weighted by Crippen LogP contribution is -2.37. The van der Waals surface area contributed by atoms with Crippen molar-refractivity contribution >= 4 is 5.97 Å². The fraction of sp³-hybridized carbons (Fsp3) is 0.562. The van der Waals surface area contributed by atoms with Crippen molar-refractivity contribution in [1.82, 2.24) is 0 Å². The van der Waals surface area contributed by atoms with E-state index in [1.54, 1.807) is 0 Å². The second-order valence-corrected chi connectivity index (χ2v) is 6.10. The highest BCUT2D eigenvalue weighted by Crippen LogP contribution is 2.47. The van der Waals surface area contributed by atoms with E-state index in [0.717, 1.165) is 19.3 Å². The second kappa shape index (κ2) is 4.11. The maximum absolute atomic E-state index is 11.7. The molecule has 0 aromatic heterocycles. The van der Waals surface area contributed by atoms with Crippen LogP contribution in [0.2, 0.25) is 0 Å². The van der Waals surface area contributed by atoms with E-state index in [1.165, 1.54) is 5.56 Å². The van der Waals surface area contributed by atoms with Crippen LogP contribution in [0.25, 0.3) is 0 Å². The Bertz CT molecular complexity index is 453. The fourth-order valence-corrected chi connectivity index (χ4v) is 3.60. The molecule has 0 N–H and O–H groups in total. The molecule has 1 saturated carbocycles. The van der Waals surface area contributed by atoms with Crippen LogP contribution in [0.1, 0.15) is 38.7 Å². The molecule has 3 unspecified atom stereocenters. The SMILES string of the molecule is CC1C(=O)OC2CC(C)(c3ccccc3)CC[C@H]21. The van der Waals surface area contributed by atoms with E-state index in [1.807, 2.05) is 6.92 Å². The summed E-state index contributed by atoms with van der Waals surface area (Å²) in [5, 5.41) is 0. The van der Waals surface area contributed by atoms with Crippen molar-refractivity contribution < 1.29 is 9.53 Å². The van der Waals surface area contributed by atoms with E-state index in [9.17, 15) is 4.79 Å². The van der Waals surface area contributed by atoms with Crippen LogP contribution in [0, 0.1) is 11.8 Å². The Kier molecular flexibility index (Phi) is 2.69. The second-order valence-electron chi connectivity index (χ2n) is 6.10. The van der Waals surface area contributed by atoms with E-state index in [4.69, 9.17) is 4.74 Å². The summed E-state index contributed by atoms with van der Waals surface area (Å²) in [7, 11) is 0. The fourth-order valence-electron chi connectivity index (χ4n) is 3.60. The number of ether oxygens (including phenoxy) is 1. The van der Waals surface area contributed by atoms with Gasteiger partial charge in [0.25, 0.3) is 0 Å². The molecule has 4 atom stereocenters. The van der Waals surface area contributed by atoms with Crippen LogP contribution in [0.5, 0.6) is 0 Å². The van der Waals surface area contributed by atoms with Crippen molar-refractivity contribution in [2.24, 2.45) is 11.8 Å². The van der Waals surface area contributed by atoms with Crippen LogP contribution in [-0.2, 0) is 14.9 Å². The summed E-state index contributed by atoms with van der Waals surface area (Å²) in [5.74, 6) is 0.534. The monoisotopic (exact) mass is 244 g/mol. The third-order valence-electron chi connectivity index (χ3n) is 4.91. The first kappa shape index (κ1) is 11.8. The first-order valence-corrected chi connectivity index (χ1v) is 6.86. The molecule has 96 valence electrons. The van der Waals surface area contributed by atoms with Gasteiger partial charge in [0, 0.05) is 5.92 Å². The number of hydrogen-bond donors (Lipinski definition) is 0. The van der Waals surface area contributed by atoms with Gasteiger partial charge in [-0.05, 0) is 30.2 Å². The van der Waals surface area contributed by atoms with Crippen LogP contribution in [-0.4, -0.2) is 12.1 Å². The van der Waals surface area contributed by atoms with E-state index in [2.05, 4.69) is 37.3 Å². The van der Waals surface area contributed by atoms with E-state index in [-0.39, 0.29) is 23.4 Å². The minimum absolute atomic E-state index is 0.00214. The highest BCUT2D eigenvalue weighted by Gasteiger charge is 2.48. The molecule has 2 heteroatoms. The molecular formula is C16H20O2. The van der Waals surface area contributed by atoms with Gasteiger partial charge < -0.3 is 4.74 Å². The lowest BCUT2D eigenvalue weighted by atomic mass is 9.65. The quantitative estimate of drug-likeness (QED) is 0.708. The van der Waals surface area contributed by atoms with Gasteiger partial charge in [0.1, 0.15) is 6.10 Å². The third-order valence-corrected chi connectivity index (χ3v) is 4.91. The molecule has 1 heterocycles. The summed E-state index contributed by atoms with van der Waals surface area (Å²) in [6.45, 7) is 4.31. The summed E-state index contributed by atoms with van der Waals surface area (Å²) >= 11 is 0. The van der Waals surface area contributed by atoms with Gasteiger partial charge in [-0.1, -0.05) is 44.2 Å². The molecule has 0 bridgehead atoms. The third kappa shape index (κ3) is 1.75. The number of carbonyl (C=O) groups excluding carboxylic acids is 1. The first-order chi connectivity index (χ1) is 8.60. The molecule has 1 aromatic rings. The standard InChI is InChI=1S/C16H20O2/c1-11-13-8-9-16(2,10-14(13)18-15(11)17)12-6-4-3-5-7-12/h3-7,11,13-14H,8-10H2,1-2H3/t11?,13-,14?,16?/m0/s1. The Morgan fingerprint density at radius 2 is 2.00 bits per heavy atom. The maximum atomic E-state index is 11.7. The van der Waals surface area contributed by atoms with Crippen LogP contribution in [0.3, 0.4) is 0 Å². The molecule has 1 saturated heterocycles. The minimum atomic E-state index is 0.00214. The molecule has 0 spiro atoms. The average Bonchev–Trinajstić information content (AvgIpc) is 2.65. The van der Waals surface area contributed by atoms with Crippen LogP contribution in [0.4, 0.5) is 0 Å². The van der Waals surface area contributed by atoms with Gasteiger partial charge in [0.2, 0.25) is 0 Å². The normalized spacial score (nSPS) is 39.2. The number of carbonyl (C=O) groups is 1. The maximum Gasteiger partial charge on any atom is 0.309 e. The molecular weight excluding hydrogens is 224 g/mol. The Hall–Kier alpha value is -1.31. The number of rotatable bonds is 1. The van der Waals surface area contributed by atoms with Crippen LogP contribution >= 0.6 is 0 Å². The Labute approximate surface area is 108 Å². The molecule has 0 amide bonds. The van der Waals surface area contributed by atoms with Crippen LogP contribution in [0.15, 0.2) is 30.3 Å². The number of benzene rings is 1. The number of fused-ring (bicyclic) bond motifs is 1. The van der Waals surface area contributed by atoms with Gasteiger partial charge >= 0.3 is 5.97 Å². The smallest absolute Gasteiger partial charge is 0.309 e. The number of esters is 1. The first-order valence-electron chi connectivity index (χ1n) is 6.86. The zero-order valence-electron chi connectivity index (χ0n) is 11.1.